The largest absolute Gasteiger partial charge is 0.472 e. The molecular weight excluding hydrogens is 286 g/mol. The number of furan rings is 1. The number of anilines is 1. The van der Waals surface area contributed by atoms with Crippen molar-refractivity contribution in [2.24, 2.45) is 5.73 Å². The predicted octanol–water partition coefficient (Wildman–Crippen LogP) is 2.76. The molecule has 2 heterocycles. The van der Waals surface area contributed by atoms with E-state index in [2.05, 4.69) is 15.9 Å². The summed E-state index contributed by atoms with van der Waals surface area (Å²) in [4.78, 5) is 4.79. The normalized spacial score (nSPS) is 17.9. The maximum absolute atomic E-state index is 6.07. The van der Waals surface area contributed by atoms with Crippen molar-refractivity contribution in [1.29, 1.82) is 0 Å². The molecule has 1 aromatic carbocycles. The summed E-state index contributed by atoms with van der Waals surface area (Å²) in [5.74, 6) is 0. The Morgan fingerprint density at radius 3 is 2.62 bits per heavy atom. The third-order valence-electron chi connectivity index (χ3n) is 4.08. The highest BCUT2D eigenvalue weighted by atomic mass is 35.5. The van der Waals surface area contributed by atoms with Crippen LogP contribution < -0.4 is 10.6 Å². The lowest BCUT2D eigenvalue weighted by atomic mass is 10.1. The third kappa shape index (κ3) is 3.23. The zero-order valence-corrected chi connectivity index (χ0v) is 12.7. The molecule has 1 atom stereocenters. The number of benzene rings is 1. The minimum absolute atomic E-state index is 0.241. The standard InChI is InChI=1S/C16H20ClN3O/c17-14-2-1-3-15(10-14)19-5-7-20(8-6-19)16(11-18)13-4-9-21-12-13/h1-4,9-10,12,16H,5-8,11,18H2. The number of rotatable bonds is 4. The van der Waals surface area contributed by atoms with Gasteiger partial charge in [-0.25, -0.2) is 0 Å². The molecule has 1 aliphatic rings. The lowest BCUT2D eigenvalue weighted by molar-refractivity contribution is 0.189. The molecule has 0 amide bonds. The van der Waals surface area contributed by atoms with E-state index in [-0.39, 0.29) is 6.04 Å². The Labute approximate surface area is 130 Å². The van der Waals surface area contributed by atoms with Crippen molar-refractivity contribution in [3.63, 3.8) is 0 Å². The fraction of sp³-hybridized carbons (Fsp3) is 0.375. The summed E-state index contributed by atoms with van der Waals surface area (Å²) in [5, 5.41) is 0.785. The van der Waals surface area contributed by atoms with Gasteiger partial charge in [0.15, 0.2) is 0 Å². The molecule has 1 aromatic heterocycles. The molecular formula is C16H20ClN3O. The van der Waals surface area contributed by atoms with Crippen molar-refractivity contribution < 1.29 is 4.42 Å². The van der Waals surface area contributed by atoms with Crippen molar-refractivity contribution in [2.75, 3.05) is 37.6 Å². The van der Waals surface area contributed by atoms with Crippen LogP contribution in [0.3, 0.4) is 0 Å². The molecule has 1 unspecified atom stereocenters. The summed E-state index contributed by atoms with van der Waals surface area (Å²) in [7, 11) is 0. The van der Waals surface area contributed by atoms with E-state index in [0.717, 1.165) is 36.8 Å². The van der Waals surface area contributed by atoms with Gasteiger partial charge in [-0.2, -0.15) is 0 Å². The number of hydrogen-bond acceptors (Lipinski definition) is 4. The number of halogens is 1. The summed E-state index contributed by atoms with van der Waals surface area (Å²) in [6.07, 6.45) is 3.50. The zero-order chi connectivity index (χ0) is 14.7. The predicted molar refractivity (Wildman–Crippen MR) is 85.7 cm³/mol. The van der Waals surface area contributed by atoms with Crippen molar-refractivity contribution >= 4 is 17.3 Å². The Hall–Kier alpha value is -1.49. The molecule has 0 aliphatic carbocycles. The Morgan fingerprint density at radius 2 is 2.00 bits per heavy atom. The van der Waals surface area contributed by atoms with Crippen LogP contribution in [-0.4, -0.2) is 37.6 Å². The van der Waals surface area contributed by atoms with Gasteiger partial charge in [-0.3, -0.25) is 4.90 Å². The topological polar surface area (TPSA) is 45.6 Å². The summed E-state index contributed by atoms with van der Waals surface area (Å²) < 4.78 is 5.18. The van der Waals surface area contributed by atoms with E-state index in [1.807, 2.05) is 24.3 Å². The maximum atomic E-state index is 6.07. The molecule has 21 heavy (non-hydrogen) atoms. The molecule has 112 valence electrons. The SMILES string of the molecule is NCC(c1ccoc1)N1CCN(c2cccc(Cl)c2)CC1. The van der Waals surface area contributed by atoms with Crippen LogP contribution in [0.1, 0.15) is 11.6 Å². The summed E-state index contributed by atoms with van der Waals surface area (Å²) in [6.45, 7) is 4.54. The van der Waals surface area contributed by atoms with Gasteiger partial charge in [0.1, 0.15) is 0 Å². The first-order chi connectivity index (χ1) is 10.3. The first kappa shape index (κ1) is 14.4. The van der Waals surface area contributed by atoms with E-state index < -0.39 is 0 Å². The van der Waals surface area contributed by atoms with Gasteiger partial charge in [0.2, 0.25) is 0 Å². The van der Waals surface area contributed by atoms with Crippen molar-refractivity contribution in [1.82, 2.24) is 4.90 Å². The van der Waals surface area contributed by atoms with Crippen molar-refractivity contribution in [2.45, 2.75) is 6.04 Å². The number of hydrogen-bond donors (Lipinski definition) is 1. The van der Waals surface area contributed by atoms with Crippen LogP contribution in [0.4, 0.5) is 5.69 Å². The number of piperazine rings is 1. The van der Waals surface area contributed by atoms with E-state index >= 15 is 0 Å². The molecule has 1 fully saturated rings. The molecule has 3 rings (SSSR count). The molecule has 0 spiro atoms. The maximum Gasteiger partial charge on any atom is 0.0950 e. The fourth-order valence-corrected chi connectivity index (χ4v) is 3.11. The lowest BCUT2D eigenvalue weighted by Crippen LogP contribution is -2.49. The Kier molecular flexibility index (Phi) is 4.48. The summed E-state index contributed by atoms with van der Waals surface area (Å²) in [6, 6.07) is 10.3. The number of nitrogens with zero attached hydrogens (tertiary/aromatic N) is 2. The van der Waals surface area contributed by atoms with Crippen LogP contribution in [0.15, 0.2) is 47.3 Å². The molecule has 4 nitrogen and oxygen atoms in total. The molecule has 2 aromatic rings. The highest BCUT2D eigenvalue weighted by Gasteiger charge is 2.24. The minimum Gasteiger partial charge on any atom is -0.472 e. The Balaban J connectivity index is 1.64. The van der Waals surface area contributed by atoms with Crippen LogP contribution in [-0.2, 0) is 0 Å². The average Bonchev–Trinajstić information content (AvgIpc) is 3.03. The second-order valence-corrected chi connectivity index (χ2v) is 5.75. The van der Waals surface area contributed by atoms with Gasteiger partial charge >= 0.3 is 0 Å². The van der Waals surface area contributed by atoms with Gasteiger partial charge in [0.05, 0.1) is 18.6 Å². The van der Waals surface area contributed by atoms with Gasteiger partial charge < -0.3 is 15.1 Å². The van der Waals surface area contributed by atoms with Gasteiger partial charge in [0, 0.05) is 49.0 Å². The van der Waals surface area contributed by atoms with Crippen LogP contribution in [0.5, 0.6) is 0 Å². The van der Waals surface area contributed by atoms with E-state index in [9.17, 15) is 0 Å². The van der Waals surface area contributed by atoms with Crippen LogP contribution in [0.2, 0.25) is 5.02 Å². The second kappa shape index (κ2) is 6.52. The minimum atomic E-state index is 0.241. The summed E-state index contributed by atoms with van der Waals surface area (Å²) in [5.41, 5.74) is 8.30. The van der Waals surface area contributed by atoms with Crippen LogP contribution in [0, 0.1) is 0 Å². The molecule has 0 bridgehead atoms. The third-order valence-corrected chi connectivity index (χ3v) is 4.31. The summed E-state index contributed by atoms with van der Waals surface area (Å²) >= 11 is 6.07. The molecule has 2 N–H and O–H groups in total. The van der Waals surface area contributed by atoms with E-state index in [1.54, 1.807) is 12.5 Å². The van der Waals surface area contributed by atoms with E-state index in [1.165, 1.54) is 5.69 Å². The Morgan fingerprint density at radius 1 is 1.19 bits per heavy atom. The first-order valence-corrected chi connectivity index (χ1v) is 7.62. The fourth-order valence-electron chi connectivity index (χ4n) is 2.93. The van der Waals surface area contributed by atoms with Crippen LogP contribution in [0.25, 0.3) is 0 Å². The van der Waals surface area contributed by atoms with E-state index in [0.29, 0.717) is 6.54 Å². The smallest absolute Gasteiger partial charge is 0.0950 e. The van der Waals surface area contributed by atoms with Gasteiger partial charge in [0.25, 0.3) is 0 Å². The lowest BCUT2D eigenvalue weighted by Gasteiger charge is -2.39. The number of nitrogens with two attached hydrogens (primary N) is 1. The quantitative estimate of drug-likeness (QED) is 0.943. The van der Waals surface area contributed by atoms with Gasteiger partial charge in [-0.1, -0.05) is 17.7 Å². The highest BCUT2D eigenvalue weighted by Crippen LogP contribution is 2.25. The molecule has 1 saturated heterocycles. The zero-order valence-electron chi connectivity index (χ0n) is 11.9. The second-order valence-electron chi connectivity index (χ2n) is 5.31. The average molecular weight is 306 g/mol. The molecule has 0 saturated carbocycles. The van der Waals surface area contributed by atoms with Crippen molar-refractivity contribution in [3.8, 4) is 0 Å². The monoisotopic (exact) mass is 305 g/mol. The Bertz CT molecular complexity index is 565. The molecule has 1 aliphatic heterocycles. The van der Waals surface area contributed by atoms with Gasteiger partial charge in [-0.05, 0) is 24.3 Å². The first-order valence-electron chi connectivity index (χ1n) is 7.24. The molecule has 0 radical (unpaired) electrons. The van der Waals surface area contributed by atoms with Crippen molar-refractivity contribution in [3.05, 3.63) is 53.4 Å². The van der Waals surface area contributed by atoms with Gasteiger partial charge in [-0.15, -0.1) is 0 Å². The highest BCUT2D eigenvalue weighted by molar-refractivity contribution is 6.30. The van der Waals surface area contributed by atoms with E-state index in [4.69, 9.17) is 21.8 Å². The van der Waals surface area contributed by atoms with Crippen LogP contribution >= 0.6 is 11.6 Å². The molecule has 5 heteroatoms.